The number of Topliss-reactive ketones (excluding diaryl/α,β-unsaturated/α-hetero) is 2. The molecule has 1 aliphatic rings. The van der Waals surface area contributed by atoms with E-state index in [4.69, 9.17) is 11.6 Å². The van der Waals surface area contributed by atoms with Crippen molar-refractivity contribution in [1.82, 2.24) is 0 Å². The van der Waals surface area contributed by atoms with Gasteiger partial charge < -0.3 is 9.90 Å². The molecular formula is C15H13ClNO4-. The molecule has 5 nitrogen and oxygen atoms in total. The van der Waals surface area contributed by atoms with Crippen molar-refractivity contribution >= 4 is 34.8 Å². The number of carboxylic acid groups (broad SMARTS) is 1. The molecule has 110 valence electrons. The van der Waals surface area contributed by atoms with Gasteiger partial charge in [-0.1, -0.05) is 38.1 Å². The van der Waals surface area contributed by atoms with Gasteiger partial charge in [0.15, 0.2) is 5.78 Å². The highest BCUT2D eigenvalue weighted by atomic mass is 35.5. The summed E-state index contributed by atoms with van der Waals surface area (Å²) in [4.78, 5) is 39.5. The summed E-state index contributed by atoms with van der Waals surface area (Å²) in [7, 11) is 0. The van der Waals surface area contributed by atoms with E-state index in [2.05, 4.69) is 4.99 Å². The fraction of sp³-hybridized carbons (Fsp3) is 0.333. The van der Waals surface area contributed by atoms with Crippen LogP contribution in [-0.2, 0) is 4.79 Å². The van der Waals surface area contributed by atoms with Crippen molar-refractivity contribution in [3.05, 3.63) is 35.4 Å². The van der Waals surface area contributed by atoms with Gasteiger partial charge in [0.25, 0.3) is 0 Å². The lowest BCUT2D eigenvalue weighted by Gasteiger charge is -2.24. The van der Waals surface area contributed by atoms with Gasteiger partial charge in [-0.25, -0.2) is 0 Å². The topological polar surface area (TPSA) is 86.6 Å². The molecule has 0 fully saturated rings. The third kappa shape index (κ3) is 2.74. The Balaban J connectivity index is 2.54. The van der Waals surface area contributed by atoms with E-state index in [1.807, 2.05) is 0 Å². The van der Waals surface area contributed by atoms with Gasteiger partial charge in [0, 0.05) is 11.1 Å². The number of hydrogen-bond acceptors (Lipinski definition) is 5. The molecule has 0 amide bonds. The van der Waals surface area contributed by atoms with Gasteiger partial charge in [0.05, 0.1) is 12.0 Å². The molecule has 0 heterocycles. The van der Waals surface area contributed by atoms with E-state index in [9.17, 15) is 19.5 Å². The Morgan fingerprint density at radius 1 is 1.24 bits per heavy atom. The molecule has 21 heavy (non-hydrogen) atoms. The van der Waals surface area contributed by atoms with Gasteiger partial charge in [0.1, 0.15) is 11.1 Å². The minimum absolute atomic E-state index is 0.194. The highest BCUT2D eigenvalue weighted by molar-refractivity contribution is 6.64. The van der Waals surface area contributed by atoms with Crippen molar-refractivity contribution in [1.29, 1.82) is 0 Å². The second-order valence-electron chi connectivity index (χ2n) is 5.12. The molecule has 1 aliphatic carbocycles. The van der Waals surface area contributed by atoms with E-state index in [0.29, 0.717) is 0 Å². The minimum atomic E-state index is -1.40. The number of hydrogen-bond donors (Lipinski definition) is 0. The maximum atomic E-state index is 12.4. The van der Waals surface area contributed by atoms with Gasteiger partial charge in [-0.2, -0.15) is 0 Å². The van der Waals surface area contributed by atoms with Crippen LogP contribution in [0.1, 0.15) is 34.6 Å². The average Bonchev–Trinajstić information content (AvgIpc) is 2.44. The number of rotatable bonds is 3. The van der Waals surface area contributed by atoms with Crippen LogP contribution in [0.5, 0.6) is 0 Å². The largest absolute Gasteiger partial charge is 0.548 e. The maximum absolute atomic E-state index is 12.4. The number of carbonyl (C=O) groups excluding carboxylic acids is 3. The Hall–Kier alpha value is -2.01. The van der Waals surface area contributed by atoms with E-state index >= 15 is 0 Å². The van der Waals surface area contributed by atoms with Crippen LogP contribution in [0.15, 0.2) is 29.3 Å². The van der Waals surface area contributed by atoms with Crippen LogP contribution in [0.4, 0.5) is 0 Å². The van der Waals surface area contributed by atoms with Crippen LogP contribution in [0.2, 0.25) is 0 Å². The third-order valence-corrected chi connectivity index (χ3v) is 3.70. The first-order valence-corrected chi connectivity index (χ1v) is 6.88. The van der Waals surface area contributed by atoms with Crippen LogP contribution in [0.3, 0.4) is 0 Å². The quantitative estimate of drug-likeness (QED) is 0.776. The van der Waals surface area contributed by atoms with Crippen LogP contribution in [-0.4, -0.2) is 34.7 Å². The van der Waals surface area contributed by atoms with Crippen molar-refractivity contribution < 1.29 is 19.5 Å². The summed E-state index contributed by atoms with van der Waals surface area (Å²) in [5, 5.41) is 9.83. The van der Waals surface area contributed by atoms with Gasteiger partial charge in [-0.3, -0.25) is 14.6 Å². The Bertz CT molecular complexity index is 651. The molecule has 2 atom stereocenters. The van der Waals surface area contributed by atoms with E-state index in [1.54, 1.807) is 26.0 Å². The normalized spacial score (nSPS) is 21.5. The number of alkyl halides is 1. The summed E-state index contributed by atoms with van der Waals surface area (Å²) in [6, 6.07) is 5.05. The molecule has 0 radical (unpaired) electrons. The predicted octanol–water partition coefficient (Wildman–Crippen LogP) is 0.888. The van der Waals surface area contributed by atoms with E-state index in [0.717, 1.165) is 0 Å². The fourth-order valence-electron chi connectivity index (χ4n) is 2.16. The lowest BCUT2D eigenvalue weighted by molar-refractivity contribution is -0.308. The zero-order valence-corrected chi connectivity index (χ0v) is 12.3. The molecular weight excluding hydrogens is 294 g/mol. The van der Waals surface area contributed by atoms with Crippen molar-refractivity contribution in [2.75, 3.05) is 0 Å². The van der Waals surface area contributed by atoms with Crippen LogP contribution < -0.4 is 5.11 Å². The summed E-state index contributed by atoms with van der Waals surface area (Å²) < 4.78 is 0. The monoisotopic (exact) mass is 306 g/mol. The number of aliphatic carboxylic acids is 1. The number of nitrogens with zero attached hydrogens (tertiary/aromatic N) is 1. The molecule has 0 aliphatic heterocycles. The van der Waals surface area contributed by atoms with Crippen molar-refractivity contribution in [3.8, 4) is 0 Å². The smallest absolute Gasteiger partial charge is 0.209 e. The lowest BCUT2D eigenvalue weighted by Crippen LogP contribution is -2.43. The van der Waals surface area contributed by atoms with Crippen LogP contribution in [0, 0.1) is 5.92 Å². The molecule has 0 bridgehead atoms. The number of aliphatic imine (C=N–C) groups is 1. The fourth-order valence-corrected chi connectivity index (χ4v) is 2.43. The number of carboxylic acids is 1. The summed E-state index contributed by atoms with van der Waals surface area (Å²) >= 11 is 5.99. The molecule has 0 aromatic heterocycles. The first-order chi connectivity index (χ1) is 9.84. The van der Waals surface area contributed by atoms with E-state index < -0.39 is 29.0 Å². The second kappa shape index (κ2) is 5.77. The Morgan fingerprint density at radius 2 is 1.81 bits per heavy atom. The average molecular weight is 307 g/mol. The van der Waals surface area contributed by atoms with Gasteiger partial charge >= 0.3 is 0 Å². The van der Waals surface area contributed by atoms with E-state index in [-0.39, 0.29) is 22.8 Å². The Morgan fingerprint density at radius 3 is 2.33 bits per heavy atom. The zero-order valence-electron chi connectivity index (χ0n) is 11.5. The highest BCUT2D eigenvalue weighted by Gasteiger charge is 2.37. The predicted molar refractivity (Wildman–Crippen MR) is 75.8 cm³/mol. The molecule has 1 aromatic rings. The third-order valence-electron chi connectivity index (χ3n) is 3.29. The molecule has 0 saturated heterocycles. The first kappa shape index (κ1) is 15.4. The minimum Gasteiger partial charge on any atom is -0.548 e. The van der Waals surface area contributed by atoms with Crippen molar-refractivity contribution in [3.63, 3.8) is 0 Å². The molecule has 0 saturated carbocycles. The Labute approximate surface area is 126 Å². The van der Waals surface area contributed by atoms with Crippen LogP contribution >= 0.6 is 11.6 Å². The van der Waals surface area contributed by atoms with E-state index in [1.165, 1.54) is 12.1 Å². The van der Waals surface area contributed by atoms with Gasteiger partial charge in [0.2, 0.25) is 5.78 Å². The number of halogens is 1. The Kier molecular flexibility index (Phi) is 4.23. The SMILES string of the molecule is CC(C)[C@@H](N=C1C(=O)c2ccccc2C(=O)C1Cl)C(=O)[O-]. The molecule has 1 aromatic carbocycles. The van der Waals surface area contributed by atoms with Crippen molar-refractivity contribution in [2.45, 2.75) is 25.3 Å². The number of benzene rings is 1. The van der Waals surface area contributed by atoms with Crippen LogP contribution in [0.25, 0.3) is 0 Å². The summed E-state index contributed by atoms with van der Waals surface area (Å²) in [5.74, 6) is -2.75. The standard InChI is InChI=1S/C15H14ClNO4/c1-7(2)11(15(20)21)17-12-10(16)13(18)8-5-3-4-6-9(8)14(12)19/h3-7,10-11H,1-2H3,(H,20,21)/p-1/t10?,11-/m1/s1. The van der Waals surface area contributed by atoms with Crippen molar-refractivity contribution in [2.24, 2.45) is 10.9 Å². The maximum Gasteiger partial charge on any atom is 0.209 e. The van der Waals surface area contributed by atoms with Gasteiger partial charge in [-0.15, -0.1) is 11.6 Å². The summed E-state index contributed by atoms with van der Waals surface area (Å²) in [5.41, 5.74) is 0.193. The second-order valence-corrected chi connectivity index (χ2v) is 5.56. The molecule has 1 unspecified atom stereocenters. The molecule has 2 rings (SSSR count). The molecule has 0 spiro atoms. The molecule has 6 heteroatoms. The van der Waals surface area contributed by atoms with Gasteiger partial charge in [-0.05, 0) is 5.92 Å². The number of ketones is 2. The highest BCUT2D eigenvalue weighted by Crippen LogP contribution is 2.24. The summed E-state index contributed by atoms with van der Waals surface area (Å²) in [6.07, 6.45) is 0. The zero-order chi connectivity index (χ0) is 15.7. The first-order valence-electron chi connectivity index (χ1n) is 6.45. The summed E-state index contributed by atoms with van der Waals surface area (Å²) in [6.45, 7) is 3.27. The number of fused-ring (bicyclic) bond motifs is 1. The lowest BCUT2D eigenvalue weighted by atomic mass is 9.87. The molecule has 0 N–H and O–H groups in total. The number of carbonyl (C=O) groups is 3.